The number of rotatable bonds is 0. The highest BCUT2D eigenvalue weighted by molar-refractivity contribution is 6.00. The Morgan fingerprint density at radius 2 is 1.14 bits per heavy atom. The van der Waals surface area contributed by atoms with Gasteiger partial charge in [0, 0.05) is 30.8 Å². The van der Waals surface area contributed by atoms with Crippen molar-refractivity contribution in [2.24, 2.45) is 0 Å². The first-order valence-corrected chi connectivity index (χ1v) is 12.6. The zero-order valence-corrected chi connectivity index (χ0v) is 19.3. The van der Waals surface area contributed by atoms with Gasteiger partial charge in [-0.15, -0.1) is 0 Å². The van der Waals surface area contributed by atoms with E-state index >= 15 is 0 Å². The summed E-state index contributed by atoms with van der Waals surface area (Å²) in [5.41, 5.74) is 21.0. The van der Waals surface area contributed by atoms with E-state index in [2.05, 4.69) is 95.1 Å². The summed E-state index contributed by atoms with van der Waals surface area (Å²) in [6.45, 7) is 0. The molecule has 4 aromatic carbocycles. The van der Waals surface area contributed by atoms with E-state index in [1.165, 1.54) is 83.8 Å². The molecule has 0 radical (unpaired) electrons. The Bertz CT molecular complexity index is 1760. The number of anilines is 3. The Balaban J connectivity index is 1.37. The number of fused-ring (bicyclic) bond motifs is 11. The van der Waals surface area contributed by atoms with Gasteiger partial charge in [0.2, 0.25) is 0 Å². The molecule has 164 valence electrons. The summed E-state index contributed by atoms with van der Waals surface area (Å²) in [5, 5.41) is 0. The molecule has 0 atom stereocenters. The molecule has 1 aromatic heterocycles. The summed E-state index contributed by atoms with van der Waals surface area (Å²) < 4.78 is 0. The van der Waals surface area contributed by atoms with Gasteiger partial charge >= 0.3 is 0 Å². The van der Waals surface area contributed by atoms with Gasteiger partial charge in [0.25, 0.3) is 0 Å². The van der Waals surface area contributed by atoms with Crippen LogP contribution >= 0.6 is 0 Å². The van der Waals surface area contributed by atoms with E-state index in [1.807, 2.05) is 0 Å². The van der Waals surface area contributed by atoms with Gasteiger partial charge in [-0.05, 0) is 80.1 Å². The van der Waals surface area contributed by atoms with Crippen molar-refractivity contribution in [3.05, 3.63) is 130 Å². The molecule has 0 saturated carbocycles. The number of hydrogen-bond acceptors (Lipinski definition) is 2. The largest absolute Gasteiger partial charge is 0.309 e. The monoisotopic (exact) mass is 446 g/mol. The second-order valence-electron chi connectivity index (χ2n) is 10.4. The van der Waals surface area contributed by atoms with Crippen LogP contribution in [0.25, 0.3) is 22.3 Å². The van der Waals surface area contributed by atoms with Crippen molar-refractivity contribution in [1.29, 1.82) is 0 Å². The topological polar surface area (TPSA) is 16.1 Å². The van der Waals surface area contributed by atoms with Crippen LogP contribution in [0.3, 0.4) is 0 Å². The van der Waals surface area contributed by atoms with Crippen LogP contribution in [0, 0.1) is 0 Å². The first kappa shape index (κ1) is 18.2. The minimum Gasteiger partial charge on any atom is -0.309 e. The van der Waals surface area contributed by atoms with E-state index in [-0.39, 0.29) is 0 Å². The highest BCUT2D eigenvalue weighted by Crippen LogP contribution is 2.56. The van der Waals surface area contributed by atoms with Crippen molar-refractivity contribution in [1.82, 2.24) is 4.98 Å². The number of hydrogen-bond donors (Lipinski definition) is 0. The average Bonchev–Trinajstić information content (AvgIpc) is 3.45. The first-order valence-electron chi connectivity index (χ1n) is 12.6. The minimum absolute atomic E-state index is 0.945. The number of benzene rings is 4. The third-order valence-corrected chi connectivity index (χ3v) is 8.53. The third kappa shape index (κ3) is 2.27. The lowest BCUT2D eigenvalue weighted by molar-refractivity contribution is 0.983. The molecule has 2 nitrogen and oxygen atoms in total. The van der Waals surface area contributed by atoms with Crippen LogP contribution < -0.4 is 4.90 Å². The second kappa shape index (κ2) is 6.28. The van der Waals surface area contributed by atoms with Crippen molar-refractivity contribution in [3.8, 4) is 22.3 Å². The molecule has 5 aromatic rings. The van der Waals surface area contributed by atoms with Crippen molar-refractivity contribution < 1.29 is 0 Å². The number of aromatic nitrogens is 1. The average molecular weight is 447 g/mol. The normalized spacial score (nSPS) is 14.9. The lowest BCUT2D eigenvalue weighted by Crippen LogP contribution is -2.26. The Morgan fingerprint density at radius 1 is 0.486 bits per heavy atom. The van der Waals surface area contributed by atoms with Crippen LogP contribution in [0.5, 0.6) is 0 Å². The number of pyridine rings is 1. The summed E-state index contributed by atoms with van der Waals surface area (Å²) >= 11 is 0. The Hall–Kier alpha value is -4.17. The van der Waals surface area contributed by atoms with Gasteiger partial charge in [0.05, 0.1) is 17.1 Å². The third-order valence-electron chi connectivity index (χ3n) is 8.53. The van der Waals surface area contributed by atoms with E-state index in [9.17, 15) is 0 Å². The molecule has 0 unspecified atom stereocenters. The maximum atomic E-state index is 4.67. The molecule has 0 fully saturated rings. The predicted octanol–water partition coefficient (Wildman–Crippen LogP) is 7.50. The smallest absolute Gasteiger partial charge is 0.0578 e. The SMILES string of the molecule is c1ccc2c(c1)Cc1cc3c(cc1-2)N1c2c(cncc2Cc2ccc4c(c21)-c1ccccc1C4)C3. The molecule has 4 aliphatic rings. The van der Waals surface area contributed by atoms with Crippen LogP contribution in [-0.4, -0.2) is 4.98 Å². The summed E-state index contributed by atoms with van der Waals surface area (Å²) in [5.74, 6) is 0. The molecule has 2 heteroatoms. The minimum atomic E-state index is 0.945. The molecule has 2 aliphatic heterocycles. The van der Waals surface area contributed by atoms with Crippen LogP contribution in [0.2, 0.25) is 0 Å². The maximum absolute atomic E-state index is 4.67. The zero-order chi connectivity index (χ0) is 22.7. The van der Waals surface area contributed by atoms with Gasteiger partial charge in [-0.3, -0.25) is 4.98 Å². The molecule has 0 spiro atoms. The van der Waals surface area contributed by atoms with Crippen molar-refractivity contribution in [2.45, 2.75) is 25.7 Å². The fourth-order valence-electron chi connectivity index (χ4n) is 7.07. The lowest BCUT2D eigenvalue weighted by Gasteiger charge is -2.40. The van der Waals surface area contributed by atoms with E-state index < -0.39 is 0 Å². The van der Waals surface area contributed by atoms with Gasteiger partial charge < -0.3 is 4.90 Å². The Labute approximate surface area is 204 Å². The maximum Gasteiger partial charge on any atom is 0.0578 e. The van der Waals surface area contributed by atoms with Crippen LogP contribution in [0.1, 0.15) is 44.5 Å². The van der Waals surface area contributed by atoms with Crippen LogP contribution in [-0.2, 0) is 25.7 Å². The Kier molecular flexibility index (Phi) is 3.27. The molecular weight excluding hydrogens is 424 g/mol. The van der Waals surface area contributed by atoms with Gasteiger partial charge in [-0.1, -0.05) is 66.7 Å². The first-order chi connectivity index (χ1) is 17.3. The van der Waals surface area contributed by atoms with E-state index in [0.29, 0.717) is 0 Å². The summed E-state index contributed by atoms with van der Waals surface area (Å²) in [6.07, 6.45) is 8.13. The summed E-state index contributed by atoms with van der Waals surface area (Å²) in [7, 11) is 0. The zero-order valence-electron chi connectivity index (χ0n) is 19.3. The molecule has 0 bridgehead atoms. The molecule has 0 N–H and O–H groups in total. The van der Waals surface area contributed by atoms with Gasteiger partial charge in [-0.2, -0.15) is 0 Å². The molecular formula is C33H22N2. The lowest BCUT2D eigenvalue weighted by atomic mass is 9.84. The van der Waals surface area contributed by atoms with Gasteiger partial charge in [0.15, 0.2) is 0 Å². The highest BCUT2D eigenvalue weighted by atomic mass is 15.2. The number of nitrogens with zero attached hydrogens (tertiary/aromatic N) is 2. The molecule has 2 aliphatic carbocycles. The van der Waals surface area contributed by atoms with Gasteiger partial charge in [-0.25, -0.2) is 0 Å². The van der Waals surface area contributed by atoms with E-state index in [1.54, 1.807) is 0 Å². The molecule has 35 heavy (non-hydrogen) atoms. The highest BCUT2D eigenvalue weighted by Gasteiger charge is 2.37. The van der Waals surface area contributed by atoms with Crippen molar-refractivity contribution >= 4 is 17.1 Å². The predicted molar refractivity (Wildman–Crippen MR) is 141 cm³/mol. The quantitative estimate of drug-likeness (QED) is 0.240. The Morgan fingerprint density at radius 3 is 2.00 bits per heavy atom. The fraction of sp³-hybridized carbons (Fsp3) is 0.121. The van der Waals surface area contributed by atoms with Crippen LogP contribution in [0.4, 0.5) is 17.1 Å². The van der Waals surface area contributed by atoms with Crippen molar-refractivity contribution in [3.63, 3.8) is 0 Å². The molecule has 3 heterocycles. The summed E-state index contributed by atoms with van der Waals surface area (Å²) in [6, 6.07) is 27.6. The van der Waals surface area contributed by atoms with Crippen molar-refractivity contribution in [2.75, 3.05) is 4.90 Å². The standard InChI is InChI=1S/C33H22N2/c1-3-7-27-19(5-1)12-23-14-24-15-26-18-34-17-25-13-22-10-9-21-11-20-6-2-4-8-28(20)31(21)33(22)35(32(25)26)30(24)16-29(23)27/h1-10,14,16-18H,11-13,15H2. The molecule has 9 rings (SSSR count). The van der Waals surface area contributed by atoms with Crippen LogP contribution in [0.15, 0.2) is 85.2 Å². The fourth-order valence-corrected chi connectivity index (χ4v) is 7.07. The van der Waals surface area contributed by atoms with E-state index in [0.717, 1.165) is 25.7 Å². The molecule has 0 saturated heterocycles. The summed E-state index contributed by atoms with van der Waals surface area (Å²) in [4.78, 5) is 7.27. The van der Waals surface area contributed by atoms with E-state index in [4.69, 9.17) is 0 Å². The second-order valence-corrected chi connectivity index (χ2v) is 10.4. The van der Waals surface area contributed by atoms with Gasteiger partial charge in [0.1, 0.15) is 0 Å². The molecule has 0 amide bonds.